The Kier molecular flexibility index (Phi) is 15.1. The van der Waals surface area contributed by atoms with Gasteiger partial charge in [-0.15, -0.1) is 0 Å². The summed E-state index contributed by atoms with van der Waals surface area (Å²) in [6, 6.07) is 16.9. The third-order valence-electron chi connectivity index (χ3n) is 4.46. The first-order valence-corrected chi connectivity index (χ1v) is 12.4. The second kappa shape index (κ2) is 16.0. The highest BCUT2D eigenvalue weighted by atomic mass is 16.5. The molecule has 0 unspecified atom stereocenters. The van der Waals surface area contributed by atoms with Crippen LogP contribution in [0.5, 0.6) is 0 Å². The molecule has 2 aromatic carbocycles. The van der Waals surface area contributed by atoms with E-state index in [1.807, 2.05) is 41.5 Å². The molecule has 0 saturated heterocycles. The van der Waals surface area contributed by atoms with Gasteiger partial charge in [0.2, 0.25) is 0 Å². The first-order chi connectivity index (χ1) is 15.4. The number of anilines is 2. The van der Waals surface area contributed by atoms with Gasteiger partial charge in [0, 0.05) is 26.3 Å². The average molecular weight is 440 g/mol. The Morgan fingerprint density at radius 2 is 0.938 bits per heavy atom. The van der Waals surface area contributed by atoms with Crippen LogP contribution in [0.1, 0.15) is 69.2 Å². The number of hydrogen-bond donors (Lipinski definition) is 0. The van der Waals surface area contributed by atoms with E-state index in [1.54, 1.807) is 0 Å². The molecular weight excluding hydrogens is 394 g/mol. The van der Waals surface area contributed by atoms with Gasteiger partial charge in [-0.3, -0.25) is 5.01 Å². The number of hydrogen-bond acceptors (Lipinski definition) is 4. The van der Waals surface area contributed by atoms with E-state index in [4.69, 9.17) is 9.31 Å². The molecule has 4 nitrogen and oxygen atoms in total. The standard InChI is InChI=1S/C20H28B2N2O2.3C2H6/c1-15(2)25-21-17-11-7-9-13-19(17)24(23(5)6)20-14-10-8-12-18(20)22(21)26-16(3)4;3*1-2/h7-16H,1-6H3;3*1-2H3. The van der Waals surface area contributed by atoms with Crippen LogP contribution < -0.4 is 15.9 Å². The summed E-state index contributed by atoms with van der Waals surface area (Å²) in [5.41, 5.74) is 4.56. The second-order valence-electron chi connectivity index (χ2n) is 7.49. The molecule has 0 spiro atoms. The number of rotatable bonds is 5. The first kappa shape index (κ1) is 30.2. The van der Waals surface area contributed by atoms with Gasteiger partial charge in [0.05, 0.1) is 11.4 Å². The van der Waals surface area contributed by atoms with Gasteiger partial charge >= 0.3 is 13.6 Å². The minimum absolute atomic E-state index is 0.101. The van der Waals surface area contributed by atoms with Crippen molar-refractivity contribution in [3.05, 3.63) is 48.5 Å². The second-order valence-corrected chi connectivity index (χ2v) is 7.49. The Labute approximate surface area is 199 Å². The Morgan fingerprint density at radius 3 is 1.22 bits per heavy atom. The normalized spacial score (nSPS) is 12.0. The third-order valence-corrected chi connectivity index (χ3v) is 4.46. The summed E-state index contributed by atoms with van der Waals surface area (Å²) in [4.78, 5) is 0. The lowest BCUT2D eigenvalue weighted by Gasteiger charge is -2.33. The van der Waals surface area contributed by atoms with Crippen molar-refractivity contribution in [2.75, 3.05) is 19.1 Å². The summed E-state index contributed by atoms with van der Waals surface area (Å²) >= 11 is 0. The number of nitrogens with zero attached hydrogens (tertiary/aromatic N) is 2. The van der Waals surface area contributed by atoms with Gasteiger partial charge in [-0.2, -0.15) is 0 Å². The van der Waals surface area contributed by atoms with Crippen LogP contribution in [0, 0.1) is 0 Å². The maximum Gasteiger partial charge on any atom is 0.332 e. The van der Waals surface area contributed by atoms with Crippen molar-refractivity contribution >= 4 is 35.9 Å². The number of para-hydroxylation sites is 2. The molecule has 178 valence electrons. The molecule has 1 aliphatic heterocycles. The minimum atomic E-state index is -0.167. The zero-order valence-corrected chi connectivity index (χ0v) is 22.6. The summed E-state index contributed by atoms with van der Waals surface area (Å²) in [7, 11) is 4.13. The zero-order chi connectivity index (χ0) is 24.8. The van der Waals surface area contributed by atoms with Crippen LogP contribution in [0.4, 0.5) is 11.4 Å². The van der Waals surface area contributed by atoms with Gasteiger partial charge < -0.3 is 9.31 Å². The van der Waals surface area contributed by atoms with Crippen LogP contribution >= 0.6 is 0 Å². The van der Waals surface area contributed by atoms with Crippen molar-refractivity contribution in [3.63, 3.8) is 0 Å². The number of benzene rings is 2. The van der Waals surface area contributed by atoms with Gasteiger partial charge in [-0.05, 0) is 50.8 Å². The molecule has 3 rings (SSSR count). The molecule has 1 aliphatic rings. The molecule has 2 aromatic rings. The van der Waals surface area contributed by atoms with E-state index in [2.05, 4.69) is 100 Å². The van der Waals surface area contributed by atoms with Crippen LogP contribution in [0.2, 0.25) is 0 Å². The summed E-state index contributed by atoms with van der Waals surface area (Å²) in [5.74, 6) is 0. The summed E-state index contributed by atoms with van der Waals surface area (Å²) < 4.78 is 12.9. The lowest BCUT2D eigenvalue weighted by Crippen LogP contribution is -2.57. The molecule has 0 bridgehead atoms. The lowest BCUT2D eigenvalue weighted by atomic mass is 9.21. The minimum Gasteiger partial charge on any atom is -0.432 e. The fourth-order valence-corrected chi connectivity index (χ4v) is 3.60. The van der Waals surface area contributed by atoms with Crippen LogP contribution in [-0.2, 0) is 9.31 Å². The van der Waals surface area contributed by atoms with E-state index >= 15 is 0 Å². The molecule has 0 N–H and O–H groups in total. The smallest absolute Gasteiger partial charge is 0.332 e. The molecule has 0 saturated carbocycles. The molecule has 0 aliphatic carbocycles. The van der Waals surface area contributed by atoms with E-state index in [-0.39, 0.29) is 25.8 Å². The molecule has 0 amide bonds. The van der Waals surface area contributed by atoms with E-state index in [0.29, 0.717) is 0 Å². The monoisotopic (exact) mass is 440 g/mol. The fraction of sp³-hybridized carbons (Fsp3) is 0.538. The predicted molar refractivity (Wildman–Crippen MR) is 146 cm³/mol. The molecule has 6 heteroatoms. The van der Waals surface area contributed by atoms with Crippen LogP contribution in [0.25, 0.3) is 0 Å². The molecule has 0 aromatic heterocycles. The summed E-state index contributed by atoms with van der Waals surface area (Å²) in [6.07, 6.45) is 0.203. The molecular formula is C26H46B2N2O2. The van der Waals surface area contributed by atoms with Crippen LogP contribution in [-0.4, -0.2) is 44.9 Å². The SMILES string of the molecule is CC.CC.CC.CC(C)OB1B(OC(C)C)c2ccccc2N(N(C)C)c2ccccc21. The Morgan fingerprint density at radius 1 is 0.625 bits per heavy atom. The lowest BCUT2D eigenvalue weighted by molar-refractivity contribution is 0.232. The van der Waals surface area contributed by atoms with Gasteiger partial charge in [-0.25, -0.2) is 5.01 Å². The van der Waals surface area contributed by atoms with Crippen molar-refractivity contribution in [1.29, 1.82) is 0 Å². The third kappa shape index (κ3) is 7.68. The Hall–Kier alpha value is -1.75. The maximum atomic E-state index is 6.43. The van der Waals surface area contributed by atoms with Gasteiger partial charge in [0.25, 0.3) is 0 Å². The Balaban J connectivity index is 0.00000148. The molecule has 0 atom stereocenters. The average Bonchev–Trinajstić information content (AvgIpc) is 2.91. The molecule has 0 fully saturated rings. The van der Waals surface area contributed by atoms with Crippen molar-refractivity contribution < 1.29 is 9.31 Å². The molecule has 1 heterocycles. The summed E-state index contributed by atoms with van der Waals surface area (Å²) in [6.45, 7) is 20.0. The Bertz CT molecular complexity index is 695. The van der Waals surface area contributed by atoms with Crippen LogP contribution in [0.15, 0.2) is 48.5 Å². The zero-order valence-electron chi connectivity index (χ0n) is 22.6. The fourth-order valence-electron chi connectivity index (χ4n) is 3.60. The van der Waals surface area contributed by atoms with Crippen molar-refractivity contribution in [2.24, 2.45) is 0 Å². The largest absolute Gasteiger partial charge is 0.432 e. The van der Waals surface area contributed by atoms with E-state index in [1.165, 1.54) is 0 Å². The van der Waals surface area contributed by atoms with E-state index in [0.717, 1.165) is 22.3 Å². The van der Waals surface area contributed by atoms with Gasteiger partial charge in [0.1, 0.15) is 0 Å². The molecule has 0 radical (unpaired) electrons. The number of fused-ring (bicyclic) bond motifs is 2. The maximum absolute atomic E-state index is 6.43. The van der Waals surface area contributed by atoms with Gasteiger partial charge in [0.15, 0.2) is 0 Å². The quantitative estimate of drug-likeness (QED) is 0.556. The van der Waals surface area contributed by atoms with Gasteiger partial charge in [-0.1, -0.05) is 77.9 Å². The predicted octanol–water partition coefficient (Wildman–Crippen LogP) is 5.72. The van der Waals surface area contributed by atoms with Crippen LogP contribution in [0.3, 0.4) is 0 Å². The first-order valence-electron chi connectivity index (χ1n) is 12.4. The van der Waals surface area contributed by atoms with Crippen molar-refractivity contribution in [3.8, 4) is 0 Å². The van der Waals surface area contributed by atoms with Crippen molar-refractivity contribution in [2.45, 2.75) is 81.4 Å². The summed E-state index contributed by atoms with van der Waals surface area (Å²) in [5, 5.41) is 4.35. The highest BCUT2D eigenvalue weighted by Crippen LogP contribution is 2.28. The van der Waals surface area contributed by atoms with E-state index < -0.39 is 0 Å². The number of hydrazine groups is 1. The van der Waals surface area contributed by atoms with E-state index in [9.17, 15) is 0 Å². The molecule has 32 heavy (non-hydrogen) atoms. The van der Waals surface area contributed by atoms with Crippen molar-refractivity contribution in [1.82, 2.24) is 5.01 Å². The highest BCUT2D eigenvalue weighted by Gasteiger charge is 2.44. The topological polar surface area (TPSA) is 24.9 Å². The highest BCUT2D eigenvalue weighted by molar-refractivity contribution is 7.28.